The van der Waals surface area contributed by atoms with Crippen LogP contribution in [0.1, 0.15) is 34.7 Å². The highest BCUT2D eigenvalue weighted by molar-refractivity contribution is 5.96. The molecule has 17 heavy (non-hydrogen) atoms. The van der Waals surface area contributed by atoms with Crippen molar-refractivity contribution >= 4 is 16.9 Å². The lowest BCUT2D eigenvalue weighted by molar-refractivity contribution is 0.0694. The maximum absolute atomic E-state index is 11.8. The number of nitrogens with one attached hydrogen (secondary N) is 1. The van der Waals surface area contributed by atoms with Crippen LogP contribution in [0.4, 0.5) is 0 Å². The van der Waals surface area contributed by atoms with E-state index in [0.29, 0.717) is 11.1 Å². The Morgan fingerprint density at radius 2 is 2.00 bits per heavy atom. The highest BCUT2D eigenvalue weighted by Crippen LogP contribution is 2.43. The number of hydrogen-bond acceptors (Lipinski definition) is 2. The molecule has 0 spiro atoms. The Labute approximate surface area is 96.9 Å². The maximum atomic E-state index is 11.8. The largest absolute Gasteiger partial charge is 0.477 e. The molecule has 1 saturated carbocycles. The van der Waals surface area contributed by atoms with Gasteiger partial charge in [0.25, 0.3) is 5.56 Å². The first-order valence-electron chi connectivity index (χ1n) is 5.56. The van der Waals surface area contributed by atoms with Gasteiger partial charge >= 0.3 is 5.97 Å². The van der Waals surface area contributed by atoms with Crippen molar-refractivity contribution in [2.45, 2.75) is 18.8 Å². The molecule has 1 aliphatic carbocycles. The van der Waals surface area contributed by atoms with E-state index in [4.69, 9.17) is 5.11 Å². The van der Waals surface area contributed by atoms with Crippen molar-refractivity contribution in [1.82, 2.24) is 4.98 Å². The van der Waals surface area contributed by atoms with Gasteiger partial charge < -0.3 is 10.1 Å². The summed E-state index contributed by atoms with van der Waals surface area (Å²) in [5.41, 5.74) is 0.825. The molecule has 4 nitrogen and oxygen atoms in total. The fraction of sp³-hybridized carbons (Fsp3) is 0.231. The van der Waals surface area contributed by atoms with E-state index < -0.39 is 11.5 Å². The molecule has 1 fully saturated rings. The molecule has 2 N–H and O–H groups in total. The molecule has 3 rings (SSSR count). The minimum Gasteiger partial charge on any atom is -0.477 e. The van der Waals surface area contributed by atoms with E-state index in [1.54, 1.807) is 6.07 Å². The molecule has 4 heteroatoms. The molecule has 0 unspecified atom stereocenters. The first-order chi connectivity index (χ1) is 8.18. The van der Waals surface area contributed by atoms with Crippen molar-refractivity contribution in [2.24, 2.45) is 0 Å². The number of pyridine rings is 1. The van der Waals surface area contributed by atoms with Crippen LogP contribution in [0.5, 0.6) is 0 Å². The van der Waals surface area contributed by atoms with Crippen LogP contribution in [-0.2, 0) is 0 Å². The van der Waals surface area contributed by atoms with Crippen LogP contribution in [0.15, 0.2) is 29.1 Å². The monoisotopic (exact) mass is 229 g/mol. The Kier molecular flexibility index (Phi) is 2.04. The number of carboxylic acid groups (broad SMARTS) is 1. The van der Waals surface area contributed by atoms with Crippen molar-refractivity contribution in [2.75, 3.05) is 0 Å². The average molecular weight is 229 g/mol. The van der Waals surface area contributed by atoms with Gasteiger partial charge in [-0.05, 0) is 30.4 Å². The number of aromatic carboxylic acids is 1. The van der Waals surface area contributed by atoms with E-state index in [1.165, 1.54) is 0 Å². The summed E-state index contributed by atoms with van der Waals surface area (Å²) in [7, 11) is 0. The Morgan fingerprint density at radius 3 is 2.65 bits per heavy atom. The third-order valence-electron chi connectivity index (χ3n) is 3.16. The van der Waals surface area contributed by atoms with Crippen molar-refractivity contribution in [3.63, 3.8) is 0 Å². The fourth-order valence-electron chi connectivity index (χ4n) is 2.28. The number of para-hydroxylation sites is 1. The first kappa shape index (κ1) is 10.1. The smallest absolute Gasteiger partial charge is 0.341 e. The second-order valence-corrected chi connectivity index (χ2v) is 4.37. The van der Waals surface area contributed by atoms with Gasteiger partial charge in [-0.2, -0.15) is 0 Å². The standard InChI is InChI=1S/C13H11NO3/c15-12-11(13(16)17)10(7-5-6-7)8-3-1-2-4-9(8)14-12/h1-4,7H,5-6H2,(H,14,15)(H,16,17). The lowest BCUT2D eigenvalue weighted by Gasteiger charge is -2.08. The average Bonchev–Trinajstić information content (AvgIpc) is 3.10. The third kappa shape index (κ3) is 1.53. The quantitative estimate of drug-likeness (QED) is 0.828. The second kappa shape index (κ2) is 3.45. The number of aromatic amines is 1. The molecule has 0 saturated heterocycles. The number of carboxylic acids is 1. The second-order valence-electron chi connectivity index (χ2n) is 4.37. The van der Waals surface area contributed by atoms with Crippen molar-refractivity contribution in [3.8, 4) is 0 Å². The summed E-state index contributed by atoms with van der Waals surface area (Å²) in [4.78, 5) is 25.6. The van der Waals surface area contributed by atoms with Gasteiger partial charge in [0.2, 0.25) is 0 Å². The maximum Gasteiger partial charge on any atom is 0.341 e. The molecular formula is C13H11NO3. The molecule has 0 radical (unpaired) electrons. The summed E-state index contributed by atoms with van der Waals surface area (Å²) >= 11 is 0. The predicted molar refractivity (Wildman–Crippen MR) is 63.5 cm³/mol. The van der Waals surface area contributed by atoms with Gasteiger partial charge in [-0.1, -0.05) is 18.2 Å². The van der Waals surface area contributed by atoms with Crippen LogP contribution in [0.3, 0.4) is 0 Å². The number of hydrogen-bond donors (Lipinski definition) is 2. The fourth-order valence-corrected chi connectivity index (χ4v) is 2.28. The Bertz CT molecular complexity index is 668. The molecule has 0 bridgehead atoms. The summed E-state index contributed by atoms with van der Waals surface area (Å²) in [6.07, 6.45) is 1.93. The zero-order valence-electron chi connectivity index (χ0n) is 9.06. The Balaban J connectivity index is 2.46. The Morgan fingerprint density at radius 1 is 1.29 bits per heavy atom. The molecule has 0 amide bonds. The summed E-state index contributed by atoms with van der Waals surface area (Å²) in [6, 6.07) is 7.35. The van der Waals surface area contributed by atoms with E-state index in [0.717, 1.165) is 18.2 Å². The van der Waals surface area contributed by atoms with Crippen molar-refractivity contribution in [1.29, 1.82) is 0 Å². The topological polar surface area (TPSA) is 70.2 Å². The number of carbonyl (C=O) groups is 1. The molecule has 1 aromatic carbocycles. The molecule has 1 aliphatic rings. The highest BCUT2D eigenvalue weighted by atomic mass is 16.4. The third-order valence-corrected chi connectivity index (χ3v) is 3.16. The highest BCUT2D eigenvalue weighted by Gasteiger charge is 2.31. The summed E-state index contributed by atoms with van der Waals surface area (Å²) in [6.45, 7) is 0. The zero-order valence-corrected chi connectivity index (χ0v) is 9.06. The zero-order chi connectivity index (χ0) is 12.0. The van der Waals surface area contributed by atoms with E-state index in [2.05, 4.69) is 4.98 Å². The number of fused-ring (bicyclic) bond motifs is 1. The summed E-state index contributed by atoms with van der Waals surface area (Å²) in [5, 5.41) is 10.0. The molecule has 86 valence electrons. The van der Waals surface area contributed by atoms with Gasteiger partial charge in [-0.25, -0.2) is 4.79 Å². The lowest BCUT2D eigenvalue weighted by atomic mass is 9.99. The van der Waals surface area contributed by atoms with E-state index in [9.17, 15) is 9.59 Å². The van der Waals surface area contributed by atoms with Crippen LogP contribution in [0, 0.1) is 0 Å². The molecule has 0 atom stereocenters. The first-order valence-corrected chi connectivity index (χ1v) is 5.56. The minimum absolute atomic E-state index is 0.0915. The van der Waals surface area contributed by atoms with E-state index in [1.807, 2.05) is 18.2 Å². The van der Waals surface area contributed by atoms with Crippen molar-refractivity contribution in [3.05, 3.63) is 45.7 Å². The van der Waals surface area contributed by atoms with Gasteiger partial charge in [0.1, 0.15) is 5.56 Å². The summed E-state index contributed by atoms with van der Waals surface area (Å²) < 4.78 is 0. The summed E-state index contributed by atoms with van der Waals surface area (Å²) in [5.74, 6) is -0.910. The number of aromatic nitrogens is 1. The van der Waals surface area contributed by atoms with Crippen LogP contribution < -0.4 is 5.56 Å². The number of H-pyrrole nitrogens is 1. The predicted octanol–water partition coefficient (Wildman–Crippen LogP) is 2.10. The van der Waals surface area contributed by atoms with E-state index in [-0.39, 0.29) is 11.5 Å². The van der Waals surface area contributed by atoms with Crippen molar-refractivity contribution < 1.29 is 9.90 Å². The normalized spacial score (nSPS) is 15.1. The lowest BCUT2D eigenvalue weighted by Crippen LogP contribution is -2.20. The molecule has 1 aromatic heterocycles. The van der Waals surface area contributed by atoms with Gasteiger partial charge in [0.05, 0.1) is 0 Å². The molecule has 0 aliphatic heterocycles. The molecular weight excluding hydrogens is 218 g/mol. The number of benzene rings is 1. The van der Waals surface area contributed by atoms with Gasteiger partial charge in [0, 0.05) is 10.9 Å². The van der Waals surface area contributed by atoms with Gasteiger partial charge in [-0.3, -0.25) is 4.79 Å². The molecule has 2 aromatic rings. The van der Waals surface area contributed by atoms with Crippen LogP contribution in [-0.4, -0.2) is 16.1 Å². The van der Waals surface area contributed by atoms with Crippen LogP contribution in [0.25, 0.3) is 10.9 Å². The van der Waals surface area contributed by atoms with Gasteiger partial charge in [0.15, 0.2) is 0 Å². The number of rotatable bonds is 2. The van der Waals surface area contributed by atoms with Crippen LogP contribution in [0.2, 0.25) is 0 Å². The van der Waals surface area contributed by atoms with E-state index >= 15 is 0 Å². The molecule has 1 heterocycles. The van der Waals surface area contributed by atoms with Gasteiger partial charge in [-0.15, -0.1) is 0 Å². The SMILES string of the molecule is O=C(O)c1c(C2CC2)c2ccccc2[nH]c1=O. The Hall–Kier alpha value is -2.10. The minimum atomic E-state index is -1.14. The van der Waals surface area contributed by atoms with Crippen LogP contribution >= 0.6 is 0 Å².